The molecular weight excluding hydrogens is 230 g/mol. The number of nitrogens with one attached hydrogen (secondary N) is 1. The number of hydrogen-bond donors (Lipinski definition) is 1. The summed E-state index contributed by atoms with van der Waals surface area (Å²) >= 11 is 0. The molecule has 0 amide bonds. The summed E-state index contributed by atoms with van der Waals surface area (Å²) in [5.74, 6) is 0. The van der Waals surface area contributed by atoms with Crippen LogP contribution in [0.25, 0.3) is 0 Å². The molecule has 1 aromatic rings. The van der Waals surface area contributed by atoms with Gasteiger partial charge >= 0.3 is 0 Å². The molecule has 0 aromatic heterocycles. The highest BCUT2D eigenvalue weighted by atomic mass is 32.2. The molecule has 2 atom stereocenters. The maximum absolute atomic E-state index is 12.0. The van der Waals surface area contributed by atoms with E-state index < -0.39 is 11.0 Å². The van der Waals surface area contributed by atoms with Crippen molar-refractivity contribution in [3.05, 3.63) is 35.4 Å². The molecule has 2 nitrogen and oxygen atoms in total. The fourth-order valence-electron chi connectivity index (χ4n) is 1.45. The number of hydrogen-bond acceptors (Lipinski definition) is 1. The van der Waals surface area contributed by atoms with E-state index in [-0.39, 0.29) is 10.8 Å². The maximum Gasteiger partial charge on any atom is 0.0975 e. The molecule has 0 radical (unpaired) electrons. The smallest absolute Gasteiger partial charge is 0.0975 e. The van der Waals surface area contributed by atoms with E-state index in [1.54, 1.807) is 0 Å². The third-order valence-corrected chi connectivity index (χ3v) is 4.41. The van der Waals surface area contributed by atoms with E-state index >= 15 is 0 Å². The van der Waals surface area contributed by atoms with Crippen LogP contribution in [0.15, 0.2) is 24.3 Å². The molecule has 0 aliphatic rings. The van der Waals surface area contributed by atoms with Crippen molar-refractivity contribution in [1.29, 1.82) is 0 Å². The quantitative estimate of drug-likeness (QED) is 0.876. The van der Waals surface area contributed by atoms with Crippen LogP contribution in [-0.4, -0.2) is 8.96 Å². The van der Waals surface area contributed by atoms with Gasteiger partial charge in [0, 0.05) is 6.04 Å². The Balaban J connectivity index is 2.70. The number of aryl methyl sites for hydroxylation is 1. The van der Waals surface area contributed by atoms with Crippen LogP contribution >= 0.6 is 0 Å². The highest BCUT2D eigenvalue weighted by Gasteiger charge is 2.21. The van der Waals surface area contributed by atoms with Crippen LogP contribution in [-0.2, 0) is 17.4 Å². The van der Waals surface area contributed by atoms with Crippen LogP contribution in [0, 0.1) is 0 Å². The van der Waals surface area contributed by atoms with Crippen LogP contribution < -0.4 is 4.72 Å². The average molecular weight is 253 g/mol. The normalized spacial score (nSPS) is 15.6. The Bertz CT molecular complexity index is 378. The highest BCUT2D eigenvalue weighted by Crippen LogP contribution is 2.17. The van der Waals surface area contributed by atoms with E-state index in [9.17, 15) is 4.21 Å². The molecular formula is C14H23NOS. The zero-order valence-electron chi connectivity index (χ0n) is 11.4. The standard InChI is InChI=1S/C14H23NOS/c1-6-12-7-9-13(10-8-12)11(2)15-17(16)14(3,4)5/h7-11,15H,6H2,1-5H3/t11-,17?/m0/s1. The summed E-state index contributed by atoms with van der Waals surface area (Å²) in [4.78, 5) is 0. The Labute approximate surface area is 107 Å². The van der Waals surface area contributed by atoms with E-state index in [4.69, 9.17) is 0 Å². The predicted molar refractivity (Wildman–Crippen MR) is 75.3 cm³/mol. The van der Waals surface area contributed by atoms with Crippen molar-refractivity contribution < 1.29 is 4.21 Å². The van der Waals surface area contributed by atoms with Gasteiger partial charge in [-0.15, -0.1) is 0 Å². The van der Waals surface area contributed by atoms with Crippen molar-refractivity contribution in [3.63, 3.8) is 0 Å². The summed E-state index contributed by atoms with van der Waals surface area (Å²) in [5.41, 5.74) is 2.51. The second-order valence-electron chi connectivity index (χ2n) is 5.32. The molecule has 0 bridgehead atoms. The van der Waals surface area contributed by atoms with Gasteiger partial charge in [0.1, 0.15) is 0 Å². The van der Waals surface area contributed by atoms with Gasteiger partial charge in [0.2, 0.25) is 0 Å². The molecule has 1 N–H and O–H groups in total. The first-order valence-corrected chi connectivity index (χ1v) is 7.26. The van der Waals surface area contributed by atoms with E-state index in [1.165, 1.54) is 11.1 Å². The molecule has 3 heteroatoms. The SMILES string of the molecule is CCc1ccc([C@H](C)NS(=O)C(C)(C)C)cc1. The molecule has 96 valence electrons. The van der Waals surface area contributed by atoms with Gasteiger partial charge in [0.15, 0.2) is 0 Å². The van der Waals surface area contributed by atoms with Gasteiger partial charge in [0.05, 0.1) is 15.7 Å². The Kier molecular flexibility index (Phi) is 4.90. The van der Waals surface area contributed by atoms with Crippen molar-refractivity contribution in [2.45, 2.75) is 51.8 Å². The van der Waals surface area contributed by atoms with Gasteiger partial charge in [-0.25, -0.2) is 8.93 Å². The molecule has 0 aliphatic carbocycles. The molecule has 1 unspecified atom stereocenters. The van der Waals surface area contributed by atoms with Gasteiger partial charge in [-0.2, -0.15) is 0 Å². The van der Waals surface area contributed by atoms with Gasteiger partial charge in [0.25, 0.3) is 0 Å². The Morgan fingerprint density at radius 1 is 1.24 bits per heavy atom. The molecule has 17 heavy (non-hydrogen) atoms. The summed E-state index contributed by atoms with van der Waals surface area (Å²) in [7, 11) is -1.03. The topological polar surface area (TPSA) is 29.1 Å². The molecule has 0 spiro atoms. The molecule has 0 aliphatic heterocycles. The van der Waals surface area contributed by atoms with Gasteiger partial charge in [-0.05, 0) is 45.2 Å². The molecule has 0 saturated carbocycles. The minimum Gasteiger partial charge on any atom is -0.242 e. The molecule has 0 fully saturated rings. The van der Waals surface area contributed by atoms with Crippen LogP contribution in [0.3, 0.4) is 0 Å². The Morgan fingerprint density at radius 2 is 1.76 bits per heavy atom. The molecule has 0 heterocycles. The monoisotopic (exact) mass is 253 g/mol. The van der Waals surface area contributed by atoms with Crippen molar-refractivity contribution in [3.8, 4) is 0 Å². The fraction of sp³-hybridized carbons (Fsp3) is 0.571. The van der Waals surface area contributed by atoms with Gasteiger partial charge in [-0.3, -0.25) is 0 Å². The van der Waals surface area contributed by atoms with Crippen LogP contribution in [0.2, 0.25) is 0 Å². The average Bonchev–Trinajstić information content (AvgIpc) is 2.27. The second kappa shape index (κ2) is 5.78. The Hall–Kier alpha value is -0.670. The van der Waals surface area contributed by atoms with E-state index in [0.29, 0.717) is 0 Å². The van der Waals surface area contributed by atoms with Crippen LogP contribution in [0.1, 0.15) is 51.8 Å². The minimum atomic E-state index is -1.03. The predicted octanol–water partition coefficient (Wildman–Crippen LogP) is 3.36. The van der Waals surface area contributed by atoms with Gasteiger partial charge in [-0.1, -0.05) is 31.2 Å². The van der Waals surface area contributed by atoms with Crippen molar-refractivity contribution in [2.24, 2.45) is 0 Å². The largest absolute Gasteiger partial charge is 0.242 e. The number of rotatable bonds is 4. The van der Waals surface area contributed by atoms with E-state index in [1.807, 2.05) is 27.7 Å². The van der Waals surface area contributed by atoms with Crippen molar-refractivity contribution in [2.75, 3.05) is 0 Å². The molecule has 1 rings (SSSR count). The Morgan fingerprint density at radius 3 is 2.18 bits per heavy atom. The second-order valence-corrected chi connectivity index (χ2v) is 7.31. The van der Waals surface area contributed by atoms with Crippen LogP contribution in [0.4, 0.5) is 0 Å². The maximum atomic E-state index is 12.0. The lowest BCUT2D eigenvalue weighted by Crippen LogP contribution is -2.34. The van der Waals surface area contributed by atoms with E-state index in [0.717, 1.165) is 6.42 Å². The molecule has 0 saturated heterocycles. The summed E-state index contributed by atoms with van der Waals surface area (Å²) in [6, 6.07) is 8.59. The summed E-state index contributed by atoms with van der Waals surface area (Å²) in [6.45, 7) is 10.1. The molecule has 1 aromatic carbocycles. The lowest BCUT2D eigenvalue weighted by Gasteiger charge is -2.22. The van der Waals surface area contributed by atoms with Crippen molar-refractivity contribution in [1.82, 2.24) is 4.72 Å². The summed E-state index contributed by atoms with van der Waals surface area (Å²) < 4.78 is 14.9. The minimum absolute atomic E-state index is 0.112. The first-order chi connectivity index (χ1) is 7.84. The fourth-order valence-corrected chi connectivity index (χ4v) is 2.26. The van der Waals surface area contributed by atoms with Gasteiger partial charge < -0.3 is 0 Å². The van der Waals surface area contributed by atoms with E-state index in [2.05, 4.69) is 35.9 Å². The zero-order valence-corrected chi connectivity index (χ0v) is 12.2. The highest BCUT2D eigenvalue weighted by molar-refractivity contribution is 7.84. The lowest BCUT2D eigenvalue weighted by molar-refractivity contribution is 0.616. The third-order valence-electron chi connectivity index (χ3n) is 2.73. The van der Waals surface area contributed by atoms with Crippen LogP contribution in [0.5, 0.6) is 0 Å². The first-order valence-electron chi connectivity index (χ1n) is 6.11. The first kappa shape index (κ1) is 14.4. The lowest BCUT2D eigenvalue weighted by atomic mass is 10.1. The summed E-state index contributed by atoms with van der Waals surface area (Å²) in [6.07, 6.45) is 1.05. The summed E-state index contributed by atoms with van der Waals surface area (Å²) in [5, 5.41) is 0. The van der Waals surface area contributed by atoms with Crippen molar-refractivity contribution >= 4 is 11.0 Å². The third kappa shape index (κ3) is 4.25. The number of benzene rings is 1. The zero-order chi connectivity index (χ0) is 13.1.